The van der Waals surface area contributed by atoms with E-state index in [9.17, 15) is 18.0 Å². The van der Waals surface area contributed by atoms with Gasteiger partial charge in [0.1, 0.15) is 0 Å². The number of carbonyl (C=O) groups excluding carboxylic acids is 2. The molecule has 0 heterocycles. The predicted molar refractivity (Wildman–Crippen MR) is 200 cm³/mol. The van der Waals surface area contributed by atoms with Crippen molar-refractivity contribution in [3.63, 3.8) is 0 Å². The van der Waals surface area contributed by atoms with Crippen LogP contribution in [0.1, 0.15) is 214 Å². The van der Waals surface area contributed by atoms with Crippen LogP contribution < -0.4 is 0 Å². The first-order chi connectivity index (χ1) is 22.7. The van der Waals surface area contributed by atoms with Crippen LogP contribution in [0.2, 0.25) is 0 Å². The highest BCUT2D eigenvalue weighted by Crippen LogP contribution is 2.20. The maximum absolute atomic E-state index is 13.3. The van der Waals surface area contributed by atoms with Gasteiger partial charge in [-0.2, -0.15) is 12.9 Å². The summed E-state index contributed by atoms with van der Waals surface area (Å²) in [5, 5.41) is 0. The zero-order valence-corrected chi connectivity index (χ0v) is 33.0. The first-order valence-electron chi connectivity index (χ1n) is 20.0. The molecule has 0 aliphatic heterocycles. The first-order valence-corrected chi connectivity index (χ1v) is 21.3. The number of nitrogens with zero attached hydrogens (tertiary/aromatic N) is 1. The molecule has 0 fully saturated rings. The molecule has 0 bridgehead atoms. The van der Waals surface area contributed by atoms with E-state index < -0.39 is 10.4 Å². The molecule has 8 heteroatoms. The quantitative estimate of drug-likeness (QED) is 0.0503. The number of amides is 2. The van der Waals surface area contributed by atoms with Crippen molar-refractivity contribution in [1.29, 1.82) is 0 Å². The van der Waals surface area contributed by atoms with Gasteiger partial charge in [-0.1, -0.05) is 175 Å². The molecule has 47 heavy (non-hydrogen) atoms. The summed E-state index contributed by atoms with van der Waals surface area (Å²) in [5.41, 5.74) is 0. The molecule has 2 amide bonds. The molecule has 0 spiro atoms. The van der Waals surface area contributed by atoms with Crippen LogP contribution in [-0.4, -0.2) is 52.0 Å². The van der Waals surface area contributed by atoms with E-state index in [0.29, 0.717) is 25.9 Å². The van der Waals surface area contributed by atoms with Crippen LogP contribution >= 0.6 is 0 Å². The molecular formula is C39H80NO6S+. The predicted octanol–water partition coefficient (Wildman–Crippen LogP) is 11.8. The summed E-state index contributed by atoms with van der Waals surface area (Å²) in [4.78, 5) is 26.6. The third kappa shape index (κ3) is 28.7. The van der Waals surface area contributed by atoms with Crippen molar-refractivity contribution in [3.8, 4) is 0 Å². The smallest absolute Gasteiger partial charge is 0.252 e. The summed E-state index contributed by atoms with van der Waals surface area (Å²) in [6.07, 6.45) is 36.2. The van der Waals surface area contributed by atoms with Gasteiger partial charge in [0.2, 0.25) is 0 Å². The lowest BCUT2D eigenvalue weighted by atomic mass is 10.0. The molecule has 0 radical (unpaired) electrons. The highest BCUT2D eigenvalue weighted by molar-refractivity contribution is 7.81. The van der Waals surface area contributed by atoms with Gasteiger partial charge in [0.25, 0.3) is 0 Å². The Morgan fingerprint density at radius 2 is 0.681 bits per heavy atom. The van der Waals surface area contributed by atoms with Gasteiger partial charge in [-0.25, -0.2) is 9.59 Å². The van der Waals surface area contributed by atoms with Crippen molar-refractivity contribution >= 4 is 22.2 Å². The van der Waals surface area contributed by atoms with Crippen LogP contribution in [0.5, 0.6) is 0 Å². The average molecular weight is 691 g/mol. The molecule has 0 atom stereocenters. The first kappa shape index (κ1) is 48.3. The Balaban J connectivity index is 0. The lowest BCUT2D eigenvalue weighted by molar-refractivity contribution is -0.778. The molecule has 7 nitrogen and oxygen atoms in total. The third-order valence-corrected chi connectivity index (χ3v) is 10.3. The molecular weight excluding hydrogens is 610 g/mol. The summed E-state index contributed by atoms with van der Waals surface area (Å²) in [7, 11) is -1.60. The number of unbranched alkanes of at least 4 members (excludes halogenated alkanes) is 24. The summed E-state index contributed by atoms with van der Waals surface area (Å²) in [6, 6.07) is 0. The largest absolute Gasteiger partial charge is 0.399 e. The topological polar surface area (TPSA) is 86.7 Å². The molecule has 0 saturated carbocycles. The zero-order valence-electron chi connectivity index (χ0n) is 32.2. The number of hydrogen-bond donors (Lipinski definition) is 0. The van der Waals surface area contributed by atoms with Gasteiger partial charge >= 0.3 is 22.2 Å². The standard InChI is InChI=1S/C37H74NO2.C2H6O4S/c1-5-9-11-13-15-17-19-21-23-25-27-29-31-33-36(39)38(8-4,35-7-3)37(40)34-32-30-28-26-24-22-20-18-16-14-12-10-6-2;1-5-7(3,4)6-2/h5-35H2,1-4H3;1-2H3/q+1;. The SMILES string of the molecule is CCCCCCCCCCCCCCCC(=O)[N+](CC)(CCC)C(=O)CCCCCCCCCCCCCCC.COS(=O)(=O)OC. The van der Waals surface area contributed by atoms with Gasteiger partial charge in [-0.15, -0.1) is 0 Å². The van der Waals surface area contributed by atoms with Crippen molar-refractivity contribution in [1.82, 2.24) is 0 Å². The molecule has 0 aromatic rings. The fraction of sp³-hybridized carbons (Fsp3) is 0.949. The normalized spacial score (nSPS) is 11.8. The summed E-state index contributed by atoms with van der Waals surface area (Å²) >= 11 is 0. The fourth-order valence-corrected chi connectivity index (χ4v) is 6.50. The Morgan fingerprint density at radius 1 is 0.426 bits per heavy atom. The molecule has 282 valence electrons. The second-order valence-corrected chi connectivity index (χ2v) is 15.0. The highest BCUT2D eigenvalue weighted by atomic mass is 32.3. The van der Waals surface area contributed by atoms with Gasteiger partial charge in [-0.3, -0.25) is 8.37 Å². The second kappa shape index (κ2) is 35.0. The Morgan fingerprint density at radius 3 is 0.872 bits per heavy atom. The molecule has 0 aliphatic rings. The zero-order chi connectivity index (χ0) is 35.5. The van der Waals surface area contributed by atoms with Crippen LogP contribution in [0.4, 0.5) is 0 Å². The van der Waals surface area contributed by atoms with E-state index in [0.717, 1.165) is 46.3 Å². The van der Waals surface area contributed by atoms with Gasteiger partial charge in [0, 0.05) is 0 Å². The van der Waals surface area contributed by atoms with E-state index in [1.807, 2.05) is 6.92 Å². The third-order valence-electron chi connectivity index (χ3n) is 9.50. The van der Waals surface area contributed by atoms with Gasteiger partial charge in [0.05, 0.1) is 40.2 Å². The van der Waals surface area contributed by atoms with Crippen LogP contribution in [0.3, 0.4) is 0 Å². The van der Waals surface area contributed by atoms with Crippen LogP contribution in [-0.2, 0) is 28.4 Å². The summed E-state index contributed by atoms with van der Waals surface area (Å²) in [5.74, 6) is 0.374. The molecule has 0 aliphatic carbocycles. The molecule has 0 unspecified atom stereocenters. The van der Waals surface area contributed by atoms with Crippen molar-refractivity contribution in [2.75, 3.05) is 27.3 Å². The number of imide groups is 1. The molecule has 0 saturated heterocycles. The fourth-order valence-electron chi connectivity index (χ4n) is 6.37. The van der Waals surface area contributed by atoms with E-state index in [1.54, 1.807) is 0 Å². The maximum Gasteiger partial charge on any atom is 0.399 e. The monoisotopic (exact) mass is 691 g/mol. The number of rotatable bonds is 33. The van der Waals surface area contributed by atoms with E-state index >= 15 is 0 Å². The van der Waals surface area contributed by atoms with Crippen molar-refractivity contribution in [2.45, 2.75) is 214 Å². The van der Waals surface area contributed by atoms with E-state index in [-0.39, 0.29) is 16.3 Å². The average Bonchev–Trinajstić information content (AvgIpc) is 3.07. The number of quaternary nitrogens is 1. The highest BCUT2D eigenvalue weighted by Gasteiger charge is 2.40. The van der Waals surface area contributed by atoms with E-state index in [2.05, 4.69) is 29.1 Å². The van der Waals surface area contributed by atoms with E-state index in [1.165, 1.54) is 141 Å². The molecule has 0 aromatic carbocycles. The Hall–Kier alpha value is -0.830. The Bertz CT molecular complexity index is 749. The minimum atomic E-state index is -3.66. The van der Waals surface area contributed by atoms with E-state index in [4.69, 9.17) is 0 Å². The van der Waals surface area contributed by atoms with Crippen molar-refractivity contribution < 1.29 is 30.9 Å². The van der Waals surface area contributed by atoms with Crippen LogP contribution in [0.25, 0.3) is 0 Å². The maximum atomic E-state index is 13.3. The number of carbonyl (C=O) groups is 2. The molecule has 0 rings (SSSR count). The van der Waals surface area contributed by atoms with Gasteiger partial charge in [0.15, 0.2) is 0 Å². The van der Waals surface area contributed by atoms with Crippen LogP contribution in [0.15, 0.2) is 0 Å². The van der Waals surface area contributed by atoms with Crippen molar-refractivity contribution in [2.24, 2.45) is 0 Å². The summed E-state index contributed by atoms with van der Waals surface area (Å²) < 4.78 is 27.6. The second-order valence-electron chi connectivity index (χ2n) is 13.5. The minimum Gasteiger partial charge on any atom is -0.252 e. The van der Waals surface area contributed by atoms with Gasteiger partial charge < -0.3 is 0 Å². The molecule has 0 aromatic heterocycles. The summed E-state index contributed by atoms with van der Waals surface area (Å²) in [6.45, 7) is 10.0. The van der Waals surface area contributed by atoms with Gasteiger partial charge in [-0.05, 0) is 26.2 Å². The Labute approximate surface area is 293 Å². The van der Waals surface area contributed by atoms with Crippen molar-refractivity contribution in [3.05, 3.63) is 0 Å². The Kier molecular flexibility index (Phi) is 36.0. The minimum absolute atomic E-state index is 0.104. The lowest BCUT2D eigenvalue weighted by Gasteiger charge is -2.32. The lowest BCUT2D eigenvalue weighted by Crippen LogP contribution is -2.57. The number of hydrogen-bond acceptors (Lipinski definition) is 6. The molecule has 0 N–H and O–H groups in total. The van der Waals surface area contributed by atoms with Crippen LogP contribution in [0, 0.1) is 0 Å².